The second-order valence-electron chi connectivity index (χ2n) is 3.97. The van der Waals surface area contributed by atoms with E-state index in [1.165, 1.54) is 0 Å². The lowest BCUT2D eigenvalue weighted by Crippen LogP contribution is -2.15. The predicted molar refractivity (Wildman–Crippen MR) is 60.1 cm³/mol. The molecule has 1 aromatic rings. The number of carboxylic acid groups (broad SMARTS) is 1. The van der Waals surface area contributed by atoms with Gasteiger partial charge >= 0.3 is 5.97 Å². The largest absolute Gasteiger partial charge is 0.478 e. The van der Waals surface area contributed by atoms with Gasteiger partial charge in [-0.15, -0.1) is 0 Å². The molecule has 15 heavy (non-hydrogen) atoms. The van der Waals surface area contributed by atoms with Gasteiger partial charge in [-0.2, -0.15) is 0 Å². The molecule has 0 aliphatic carbocycles. The van der Waals surface area contributed by atoms with Crippen molar-refractivity contribution in [3.8, 4) is 0 Å². The van der Waals surface area contributed by atoms with Crippen LogP contribution in [0.1, 0.15) is 34.8 Å². The summed E-state index contributed by atoms with van der Waals surface area (Å²) >= 11 is 0. The van der Waals surface area contributed by atoms with Crippen LogP contribution in [0.15, 0.2) is 18.2 Å². The van der Waals surface area contributed by atoms with E-state index in [1.807, 2.05) is 26.0 Å². The first-order valence-corrected chi connectivity index (χ1v) is 5.09. The van der Waals surface area contributed by atoms with E-state index in [1.54, 1.807) is 6.07 Å². The van der Waals surface area contributed by atoms with Crippen molar-refractivity contribution in [1.29, 1.82) is 0 Å². The summed E-state index contributed by atoms with van der Waals surface area (Å²) in [7, 11) is 0. The first kappa shape index (κ1) is 11.7. The number of nitrogens with two attached hydrogens (primary N) is 1. The van der Waals surface area contributed by atoms with E-state index in [4.69, 9.17) is 10.8 Å². The van der Waals surface area contributed by atoms with E-state index in [0.29, 0.717) is 5.56 Å². The summed E-state index contributed by atoms with van der Waals surface area (Å²) in [5.74, 6) is -0.869. The third-order valence-electron chi connectivity index (χ3n) is 2.41. The minimum Gasteiger partial charge on any atom is -0.478 e. The van der Waals surface area contributed by atoms with Crippen molar-refractivity contribution >= 4 is 5.97 Å². The van der Waals surface area contributed by atoms with Crippen LogP contribution in [0.4, 0.5) is 0 Å². The van der Waals surface area contributed by atoms with Crippen LogP contribution < -0.4 is 5.73 Å². The number of hydrogen-bond acceptors (Lipinski definition) is 2. The normalized spacial score (nSPS) is 12.5. The molecule has 0 saturated heterocycles. The van der Waals surface area contributed by atoms with Crippen molar-refractivity contribution in [2.75, 3.05) is 0 Å². The summed E-state index contributed by atoms with van der Waals surface area (Å²) in [4.78, 5) is 10.8. The van der Waals surface area contributed by atoms with E-state index in [2.05, 4.69) is 0 Å². The molecule has 0 aromatic heterocycles. The highest BCUT2D eigenvalue weighted by molar-refractivity contribution is 5.89. The van der Waals surface area contributed by atoms with Crippen LogP contribution in [-0.4, -0.2) is 17.1 Å². The summed E-state index contributed by atoms with van der Waals surface area (Å²) in [6, 6.07) is 5.63. The Morgan fingerprint density at radius 3 is 2.67 bits per heavy atom. The van der Waals surface area contributed by atoms with Crippen molar-refractivity contribution in [3.63, 3.8) is 0 Å². The van der Waals surface area contributed by atoms with Gasteiger partial charge < -0.3 is 10.8 Å². The Kier molecular flexibility index (Phi) is 3.86. The number of carboxylic acids is 1. The third-order valence-corrected chi connectivity index (χ3v) is 2.41. The molecule has 1 aromatic carbocycles. The van der Waals surface area contributed by atoms with Gasteiger partial charge in [-0.3, -0.25) is 0 Å². The van der Waals surface area contributed by atoms with Crippen LogP contribution in [0, 0.1) is 6.92 Å². The molecule has 0 bridgehead atoms. The summed E-state index contributed by atoms with van der Waals surface area (Å²) in [5.41, 5.74) is 7.99. The highest BCUT2D eigenvalue weighted by Gasteiger charge is 2.07. The molecular formula is C12H17NO2. The smallest absolute Gasteiger partial charge is 0.335 e. The molecular weight excluding hydrogens is 190 g/mol. The van der Waals surface area contributed by atoms with Gasteiger partial charge in [0.1, 0.15) is 0 Å². The molecule has 3 heteroatoms. The topological polar surface area (TPSA) is 63.3 Å². The fourth-order valence-electron chi connectivity index (χ4n) is 1.52. The average Bonchev–Trinajstić information content (AvgIpc) is 2.14. The Balaban J connectivity index is 2.78. The Labute approximate surface area is 89.9 Å². The van der Waals surface area contributed by atoms with Gasteiger partial charge in [0.2, 0.25) is 0 Å². The molecule has 0 unspecified atom stereocenters. The van der Waals surface area contributed by atoms with E-state index >= 15 is 0 Å². The van der Waals surface area contributed by atoms with Crippen LogP contribution in [0.5, 0.6) is 0 Å². The zero-order chi connectivity index (χ0) is 11.4. The van der Waals surface area contributed by atoms with Gasteiger partial charge in [-0.05, 0) is 43.9 Å². The molecule has 0 aliphatic rings. The lowest BCUT2D eigenvalue weighted by molar-refractivity contribution is 0.0696. The van der Waals surface area contributed by atoms with Crippen LogP contribution in [0.2, 0.25) is 0 Å². The predicted octanol–water partition coefficient (Wildman–Crippen LogP) is 1.97. The molecule has 0 heterocycles. The Morgan fingerprint density at radius 1 is 1.53 bits per heavy atom. The molecule has 0 radical (unpaired) electrons. The third kappa shape index (κ3) is 3.36. The number of aryl methyl sites for hydroxylation is 2. The molecule has 3 N–H and O–H groups in total. The first-order chi connectivity index (χ1) is 7.00. The zero-order valence-corrected chi connectivity index (χ0v) is 9.16. The van der Waals surface area contributed by atoms with Crippen LogP contribution in [-0.2, 0) is 6.42 Å². The monoisotopic (exact) mass is 207 g/mol. The first-order valence-electron chi connectivity index (χ1n) is 5.09. The maximum Gasteiger partial charge on any atom is 0.335 e. The van der Waals surface area contributed by atoms with E-state index < -0.39 is 5.97 Å². The highest BCUT2D eigenvalue weighted by atomic mass is 16.4. The molecule has 1 atom stereocenters. The van der Waals surface area contributed by atoms with E-state index in [-0.39, 0.29) is 6.04 Å². The maximum absolute atomic E-state index is 10.8. The van der Waals surface area contributed by atoms with Crippen molar-refractivity contribution in [2.45, 2.75) is 32.7 Å². The molecule has 3 nitrogen and oxygen atoms in total. The van der Waals surface area contributed by atoms with Gasteiger partial charge in [-0.25, -0.2) is 4.79 Å². The number of aromatic carboxylic acids is 1. The van der Waals surface area contributed by atoms with Crippen LogP contribution in [0.25, 0.3) is 0 Å². The summed E-state index contributed by atoms with van der Waals surface area (Å²) in [5, 5.41) is 8.85. The molecule has 0 saturated carbocycles. The minimum atomic E-state index is -0.869. The van der Waals surface area contributed by atoms with Crippen molar-refractivity contribution in [2.24, 2.45) is 5.73 Å². The quantitative estimate of drug-likeness (QED) is 0.793. The fourth-order valence-corrected chi connectivity index (χ4v) is 1.52. The van der Waals surface area contributed by atoms with Gasteiger partial charge in [0, 0.05) is 6.04 Å². The lowest BCUT2D eigenvalue weighted by Gasteiger charge is -2.07. The van der Waals surface area contributed by atoms with Gasteiger partial charge in [0.25, 0.3) is 0 Å². The van der Waals surface area contributed by atoms with Gasteiger partial charge in [0.15, 0.2) is 0 Å². The minimum absolute atomic E-state index is 0.185. The van der Waals surface area contributed by atoms with Crippen LogP contribution in [0.3, 0.4) is 0 Å². The SMILES string of the molecule is Cc1cc(CC[C@@H](C)N)ccc1C(=O)O. The molecule has 1 rings (SSSR count). The second-order valence-corrected chi connectivity index (χ2v) is 3.97. The number of rotatable bonds is 4. The van der Waals surface area contributed by atoms with E-state index in [0.717, 1.165) is 24.0 Å². The molecule has 0 fully saturated rings. The number of carbonyl (C=O) groups is 1. The van der Waals surface area contributed by atoms with Gasteiger partial charge in [-0.1, -0.05) is 12.1 Å². The zero-order valence-electron chi connectivity index (χ0n) is 9.16. The lowest BCUT2D eigenvalue weighted by atomic mass is 10.0. The highest BCUT2D eigenvalue weighted by Crippen LogP contribution is 2.13. The molecule has 82 valence electrons. The summed E-state index contributed by atoms with van der Waals surface area (Å²) in [6.07, 6.45) is 1.82. The van der Waals surface area contributed by atoms with Gasteiger partial charge in [0.05, 0.1) is 5.56 Å². The van der Waals surface area contributed by atoms with E-state index in [9.17, 15) is 4.79 Å². The number of hydrogen-bond donors (Lipinski definition) is 2. The van der Waals surface area contributed by atoms with Crippen molar-refractivity contribution in [3.05, 3.63) is 34.9 Å². The Bertz CT molecular complexity index is 359. The molecule has 0 amide bonds. The Morgan fingerprint density at radius 2 is 2.20 bits per heavy atom. The molecule has 0 aliphatic heterocycles. The standard InChI is InChI=1S/C12H17NO2/c1-8-7-10(4-3-9(2)13)5-6-11(8)12(14)15/h5-7,9H,3-4,13H2,1-2H3,(H,14,15)/t9-/m1/s1. The summed E-state index contributed by atoms with van der Waals surface area (Å²) < 4.78 is 0. The number of benzene rings is 1. The average molecular weight is 207 g/mol. The maximum atomic E-state index is 10.8. The Hall–Kier alpha value is -1.35. The summed E-state index contributed by atoms with van der Waals surface area (Å²) in [6.45, 7) is 3.79. The van der Waals surface area contributed by atoms with Crippen LogP contribution >= 0.6 is 0 Å². The fraction of sp³-hybridized carbons (Fsp3) is 0.417. The van der Waals surface area contributed by atoms with Crippen molar-refractivity contribution in [1.82, 2.24) is 0 Å². The molecule has 0 spiro atoms. The second kappa shape index (κ2) is 4.94. The van der Waals surface area contributed by atoms with Crippen molar-refractivity contribution < 1.29 is 9.90 Å².